The van der Waals surface area contributed by atoms with Crippen molar-refractivity contribution in [3.05, 3.63) is 0 Å². The maximum absolute atomic E-state index is 11.9. The zero-order valence-electron chi connectivity index (χ0n) is 9.95. The molecule has 2 atom stereocenters. The van der Waals surface area contributed by atoms with Gasteiger partial charge in [-0.2, -0.15) is 0 Å². The highest BCUT2D eigenvalue weighted by atomic mass is 35.5. The van der Waals surface area contributed by atoms with Crippen LogP contribution in [-0.2, 0) is 9.59 Å². The normalized spacial score (nSPS) is 26.5. The second-order valence-corrected chi connectivity index (χ2v) is 4.92. The molecule has 4 amide bonds. The summed E-state index contributed by atoms with van der Waals surface area (Å²) < 4.78 is 0. The second-order valence-electron chi connectivity index (χ2n) is 4.55. The first kappa shape index (κ1) is 13.1. The molecule has 0 aliphatic carbocycles. The lowest BCUT2D eigenvalue weighted by molar-refractivity contribution is -0.123. The Balaban J connectivity index is 1.97. The zero-order valence-corrected chi connectivity index (χ0v) is 10.7. The average molecular weight is 274 g/mol. The maximum atomic E-state index is 11.9. The van der Waals surface area contributed by atoms with E-state index in [4.69, 9.17) is 11.6 Å². The number of nitrogens with one attached hydrogen (secondary N) is 2. The Morgan fingerprint density at radius 2 is 2.28 bits per heavy atom. The van der Waals surface area contributed by atoms with Gasteiger partial charge in [-0.05, 0) is 12.8 Å². The second kappa shape index (κ2) is 5.56. The van der Waals surface area contributed by atoms with Gasteiger partial charge >= 0.3 is 6.03 Å². The van der Waals surface area contributed by atoms with Crippen LogP contribution in [-0.4, -0.2) is 47.8 Å². The summed E-state index contributed by atoms with van der Waals surface area (Å²) in [6.45, 7) is 1.05. The van der Waals surface area contributed by atoms with E-state index in [9.17, 15) is 14.4 Å². The van der Waals surface area contributed by atoms with Crippen molar-refractivity contribution in [2.45, 2.75) is 25.3 Å². The Labute approximate surface area is 110 Å². The van der Waals surface area contributed by atoms with Crippen molar-refractivity contribution in [2.75, 3.05) is 19.0 Å². The van der Waals surface area contributed by atoms with Crippen molar-refractivity contribution >= 4 is 29.4 Å². The average Bonchev–Trinajstić information content (AvgIpc) is 2.71. The fraction of sp³-hybridized carbons (Fsp3) is 0.727. The topological polar surface area (TPSA) is 78.5 Å². The molecule has 2 N–H and O–H groups in total. The summed E-state index contributed by atoms with van der Waals surface area (Å²) >= 11 is 5.43. The number of rotatable bonds is 2. The molecule has 0 aromatic rings. The van der Waals surface area contributed by atoms with Gasteiger partial charge in [0, 0.05) is 25.4 Å². The third-order valence-electron chi connectivity index (χ3n) is 3.43. The van der Waals surface area contributed by atoms with Gasteiger partial charge in [-0.15, -0.1) is 11.6 Å². The Morgan fingerprint density at radius 3 is 3.00 bits per heavy atom. The molecular formula is C11H16ClN3O3. The third-order valence-corrected chi connectivity index (χ3v) is 3.62. The van der Waals surface area contributed by atoms with Crippen molar-refractivity contribution in [3.8, 4) is 0 Å². The molecule has 0 bridgehead atoms. The van der Waals surface area contributed by atoms with Crippen LogP contribution in [0.1, 0.15) is 19.3 Å². The maximum Gasteiger partial charge on any atom is 0.324 e. The lowest BCUT2D eigenvalue weighted by Gasteiger charge is -2.35. The number of likely N-dealkylation sites (tertiary alicyclic amines) is 1. The van der Waals surface area contributed by atoms with E-state index in [0.717, 1.165) is 12.8 Å². The first-order chi connectivity index (χ1) is 8.63. The van der Waals surface area contributed by atoms with Gasteiger partial charge in [0.2, 0.25) is 11.8 Å². The van der Waals surface area contributed by atoms with Crippen LogP contribution in [0, 0.1) is 5.92 Å². The SMILES string of the molecule is O=C(CCCl)NC(=O)N1CCCC2C(=O)NCC21. The monoisotopic (exact) mass is 273 g/mol. The summed E-state index contributed by atoms with van der Waals surface area (Å²) in [6, 6.07) is -0.550. The van der Waals surface area contributed by atoms with E-state index in [-0.39, 0.29) is 36.1 Å². The van der Waals surface area contributed by atoms with Crippen molar-refractivity contribution in [2.24, 2.45) is 5.92 Å². The van der Waals surface area contributed by atoms with E-state index in [1.54, 1.807) is 4.90 Å². The fourth-order valence-corrected chi connectivity index (χ4v) is 2.71. The van der Waals surface area contributed by atoms with Crippen LogP contribution in [0.4, 0.5) is 4.79 Å². The van der Waals surface area contributed by atoms with Gasteiger partial charge in [-0.3, -0.25) is 14.9 Å². The zero-order chi connectivity index (χ0) is 13.1. The smallest absolute Gasteiger partial charge is 0.324 e. The minimum Gasteiger partial charge on any atom is -0.354 e. The molecule has 2 aliphatic heterocycles. The quantitative estimate of drug-likeness (QED) is 0.699. The highest BCUT2D eigenvalue weighted by Gasteiger charge is 2.42. The number of urea groups is 1. The van der Waals surface area contributed by atoms with Crippen molar-refractivity contribution < 1.29 is 14.4 Å². The Hall–Kier alpha value is -1.30. The predicted molar refractivity (Wildman–Crippen MR) is 65.1 cm³/mol. The summed E-state index contributed by atoms with van der Waals surface area (Å²) in [4.78, 5) is 36.4. The first-order valence-corrected chi connectivity index (χ1v) is 6.61. The number of alkyl halides is 1. The number of piperidine rings is 1. The molecule has 7 heteroatoms. The van der Waals surface area contributed by atoms with E-state index < -0.39 is 6.03 Å². The predicted octanol–water partition coefficient (Wildman–Crippen LogP) is 0.0619. The molecule has 0 radical (unpaired) electrons. The molecule has 2 fully saturated rings. The van der Waals surface area contributed by atoms with Gasteiger partial charge < -0.3 is 10.2 Å². The van der Waals surface area contributed by atoms with Crippen LogP contribution in [0.2, 0.25) is 0 Å². The molecule has 0 spiro atoms. The molecule has 2 saturated heterocycles. The number of nitrogens with zero attached hydrogens (tertiary/aromatic N) is 1. The third kappa shape index (κ3) is 2.58. The van der Waals surface area contributed by atoms with Gasteiger partial charge in [0.1, 0.15) is 0 Å². The Morgan fingerprint density at radius 1 is 1.50 bits per heavy atom. The molecule has 100 valence electrons. The number of carbonyl (C=O) groups is 3. The molecule has 0 aromatic heterocycles. The summed E-state index contributed by atoms with van der Waals surface area (Å²) in [7, 11) is 0. The van der Waals surface area contributed by atoms with Crippen molar-refractivity contribution in [1.82, 2.24) is 15.5 Å². The Kier molecular flexibility index (Phi) is 4.06. The standard InChI is InChI=1S/C11H16ClN3O3/c12-4-3-9(16)14-11(18)15-5-1-2-7-8(15)6-13-10(7)17/h7-8H,1-6H2,(H,13,17)(H,14,16,18). The number of fused-ring (bicyclic) bond motifs is 1. The Bertz CT molecular complexity index is 375. The molecule has 0 saturated carbocycles. The minimum atomic E-state index is -0.420. The number of carbonyl (C=O) groups excluding carboxylic acids is 3. The van der Waals surface area contributed by atoms with Gasteiger partial charge in [0.25, 0.3) is 0 Å². The first-order valence-electron chi connectivity index (χ1n) is 6.07. The largest absolute Gasteiger partial charge is 0.354 e. The van der Waals surface area contributed by atoms with Crippen LogP contribution in [0.15, 0.2) is 0 Å². The molecule has 0 aromatic carbocycles. The molecule has 6 nitrogen and oxygen atoms in total. The van der Waals surface area contributed by atoms with E-state index >= 15 is 0 Å². The number of hydrogen-bond donors (Lipinski definition) is 2. The van der Waals surface area contributed by atoms with Crippen LogP contribution in [0.25, 0.3) is 0 Å². The van der Waals surface area contributed by atoms with Gasteiger partial charge in [0.15, 0.2) is 0 Å². The minimum absolute atomic E-state index is 0.00425. The molecule has 2 heterocycles. The van der Waals surface area contributed by atoms with E-state index in [0.29, 0.717) is 13.1 Å². The van der Waals surface area contributed by atoms with Crippen LogP contribution in [0.5, 0.6) is 0 Å². The number of hydrogen-bond acceptors (Lipinski definition) is 3. The molecule has 18 heavy (non-hydrogen) atoms. The van der Waals surface area contributed by atoms with E-state index in [1.165, 1.54) is 0 Å². The molecule has 2 unspecified atom stereocenters. The summed E-state index contributed by atoms with van der Waals surface area (Å²) in [5, 5.41) is 5.06. The lowest BCUT2D eigenvalue weighted by atomic mass is 9.92. The molecule has 2 rings (SSSR count). The van der Waals surface area contributed by atoms with Crippen LogP contribution < -0.4 is 10.6 Å². The summed E-state index contributed by atoms with van der Waals surface area (Å²) in [5.74, 6) is -0.322. The van der Waals surface area contributed by atoms with Gasteiger partial charge in [-0.25, -0.2) is 4.79 Å². The van der Waals surface area contributed by atoms with Crippen LogP contribution >= 0.6 is 11.6 Å². The molecular weight excluding hydrogens is 258 g/mol. The highest BCUT2D eigenvalue weighted by Crippen LogP contribution is 2.27. The number of halogens is 1. The van der Waals surface area contributed by atoms with Gasteiger partial charge in [-0.1, -0.05) is 0 Å². The molecule has 2 aliphatic rings. The van der Waals surface area contributed by atoms with Crippen molar-refractivity contribution in [1.29, 1.82) is 0 Å². The summed E-state index contributed by atoms with van der Waals surface area (Å²) in [6.07, 6.45) is 1.70. The number of amides is 4. The fourth-order valence-electron chi connectivity index (χ4n) is 2.54. The van der Waals surface area contributed by atoms with Gasteiger partial charge in [0.05, 0.1) is 12.0 Å². The van der Waals surface area contributed by atoms with E-state index in [1.807, 2.05) is 0 Å². The van der Waals surface area contributed by atoms with Crippen molar-refractivity contribution in [3.63, 3.8) is 0 Å². The van der Waals surface area contributed by atoms with Crippen LogP contribution in [0.3, 0.4) is 0 Å². The number of imide groups is 1. The summed E-state index contributed by atoms with van der Waals surface area (Å²) in [5.41, 5.74) is 0. The van der Waals surface area contributed by atoms with E-state index in [2.05, 4.69) is 10.6 Å². The highest BCUT2D eigenvalue weighted by molar-refractivity contribution is 6.19. The lowest BCUT2D eigenvalue weighted by Crippen LogP contribution is -2.53.